The Balaban J connectivity index is 1.52. The molecule has 0 spiro atoms. The number of carbonyl (C=O) groups excluding carboxylic acids is 1. The van der Waals surface area contributed by atoms with Gasteiger partial charge in [0.1, 0.15) is 0 Å². The van der Waals surface area contributed by atoms with Crippen molar-refractivity contribution >= 4 is 23.3 Å². The van der Waals surface area contributed by atoms with Crippen LogP contribution in [0.25, 0.3) is 0 Å². The number of nitrogens with one attached hydrogen (secondary N) is 1. The Kier molecular flexibility index (Phi) is 5.61. The molecule has 1 heterocycles. The van der Waals surface area contributed by atoms with Crippen molar-refractivity contribution in [1.29, 1.82) is 0 Å². The number of hydrogen-bond acceptors (Lipinski definition) is 2. The van der Waals surface area contributed by atoms with E-state index in [1.807, 2.05) is 24.0 Å². The molecule has 25 heavy (non-hydrogen) atoms. The average molecular weight is 358 g/mol. The number of amides is 2. The van der Waals surface area contributed by atoms with Crippen LogP contribution in [0, 0.1) is 13.8 Å². The van der Waals surface area contributed by atoms with Gasteiger partial charge in [-0.2, -0.15) is 0 Å². The predicted molar refractivity (Wildman–Crippen MR) is 103 cm³/mol. The summed E-state index contributed by atoms with van der Waals surface area (Å²) in [4.78, 5) is 16.7. The number of benzene rings is 2. The molecule has 2 amide bonds. The number of hydrogen-bond donors (Lipinski definition) is 1. The minimum absolute atomic E-state index is 0.0411. The quantitative estimate of drug-likeness (QED) is 0.888. The van der Waals surface area contributed by atoms with Gasteiger partial charge < -0.3 is 10.2 Å². The number of carbonyl (C=O) groups is 1. The van der Waals surface area contributed by atoms with Gasteiger partial charge in [-0.3, -0.25) is 4.90 Å². The Morgan fingerprint density at radius 3 is 2.52 bits per heavy atom. The standard InChI is InChI=1S/C20H24ClN3O/c1-15-4-3-5-17(12-15)14-23-8-10-24(11-9-23)20(25)22-19-7-6-18(21)13-16(19)2/h3-7,12-13H,8-11,14H2,1-2H3,(H,22,25). The molecule has 4 nitrogen and oxygen atoms in total. The highest BCUT2D eigenvalue weighted by molar-refractivity contribution is 6.30. The van der Waals surface area contributed by atoms with Gasteiger partial charge in [0.25, 0.3) is 0 Å². The maximum absolute atomic E-state index is 12.5. The van der Waals surface area contributed by atoms with Crippen LogP contribution in [0.15, 0.2) is 42.5 Å². The third-order valence-corrected chi connectivity index (χ3v) is 4.81. The van der Waals surface area contributed by atoms with Gasteiger partial charge >= 0.3 is 6.03 Å². The zero-order valence-electron chi connectivity index (χ0n) is 14.8. The van der Waals surface area contributed by atoms with E-state index in [-0.39, 0.29) is 6.03 Å². The molecule has 5 heteroatoms. The lowest BCUT2D eigenvalue weighted by molar-refractivity contribution is 0.143. The SMILES string of the molecule is Cc1cccc(CN2CCN(C(=O)Nc3ccc(Cl)cc3C)CC2)c1. The summed E-state index contributed by atoms with van der Waals surface area (Å²) in [7, 11) is 0. The second-order valence-electron chi connectivity index (χ2n) is 6.64. The van der Waals surface area contributed by atoms with Gasteiger partial charge in [-0.15, -0.1) is 0 Å². The molecule has 1 fully saturated rings. The molecule has 0 unspecified atom stereocenters. The lowest BCUT2D eigenvalue weighted by Crippen LogP contribution is -2.49. The third kappa shape index (κ3) is 4.74. The van der Waals surface area contributed by atoms with Gasteiger partial charge in [-0.05, 0) is 43.2 Å². The van der Waals surface area contributed by atoms with Gasteiger partial charge in [-0.1, -0.05) is 41.4 Å². The van der Waals surface area contributed by atoms with Gasteiger partial charge in [0.15, 0.2) is 0 Å². The molecule has 3 rings (SSSR count). The minimum Gasteiger partial charge on any atom is -0.322 e. The van der Waals surface area contributed by atoms with Crippen LogP contribution in [-0.2, 0) is 6.54 Å². The van der Waals surface area contributed by atoms with Gasteiger partial charge in [-0.25, -0.2) is 4.79 Å². The van der Waals surface area contributed by atoms with Crippen LogP contribution in [-0.4, -0.2) is 42.0 Å². The number of piperazine rings is 1. The molecule has 0 aromatic heterocycles. The molecule has 1 aliphatic heterocycles. The van der Waals surface area contributed by atoms with Gasteiger partial charge in [0.05, 0.1) is 0 Å². The summed E-state index contributed by atoms with van der Waals surface area (Å²) in [5, 5.41) is 3.67. The minimum atomic E-state index is -0.0411. The van der Waals surface area contributed by atoms with Crippen molar-refractivity contribution in [1.82, 2.24) is 9.80 Å². The largest absolute Gasteiger partial charge is 0.322 e. The molecule has 0 bridgehead atoms. The fourth-order valence-electron chi connectivity index (χ4n) is 3.14. The van der Waals surface area contributed by atoms with E-state index in [4.69, 9.17) is 11.6 Å². The second-order valence-corrected chi connectivity index (χ2v) is 7.08. The van der Waals surface area contributed by atoms with Crippen LogP contribution in [0.5, 0.6) is 0 Å². The topological polar surface area (TPSA) is 35.6 Å². The second kappa shape index (κ2) is 7.89. The maximum Gasteiger partial charge on any atom is 0.321 e. The molecule has 2 aromatic rings. The molecular formula is C20H24ClN3O. The smallest absolute Gasteiger partial charge is 0.321 e. The van der Waals surface area contributed by atoms with Crippen molar-refractivity contribution in [3.63, 3.8) is 0 Å². The highest BCUT2D eigenvalue weighted by Crippen LogP contribution is 2.20. The summed E-state index contributed by atoms with van der Waals surface area (Å²) in [6.45, 7) is 8.26. The summed E-state index contributed by atoms with van der Waals surface area (Å²) >= 11 is 5.97. The first-order valence-electron chi connectivity index (χ1n) is 8.61. The lowest BCUT2D eigenvalue weighted by atomic mass is 10.1. The zero-order chi connectivity index (χ0) is 17.8. The first-order chi connectivity index (χ1) is 12.0. The first-order valence-corrected chi connectivity index (χ1v) is 8.99. The summed E-state index contributed by atoms with van der Waals surface area (Å²) in [5.74, 6) is 0. The number of nitrogens with zero attached hydrogens (tertiary/aromatic N) is 2. The van der Waals surface area contributed by atoms with E-state index < -0.39 is 0 Å². The third-order valence-electron chi connectivity index (χ3n) is 4.58. The highest BCUT2D eigenvalue weighted by atomic mass is 35.5. The van der Waals surface area contributed by atoms with Crippen LogP contribution in [0.4, 0.5) is 10.5 Å². The first kappa shape index (κ1) is 17.8. The maximum atomic E-state index is 12.5. The predicted octanol–water partition coefficient (Wildman–Crippen LogP) is 4.31. The molecule has 2 aromatic carbocycles. The number of halogens is 1. The van der Waals surface area contributed by atoms with E-state index >= 15 is 0 Å². The molecule has 1 N–H and O–H groups in total. The van der Waals surface area contributed by atoms with E-state index in [0.717, 1.165) is 44.0 Å². The van der Waals surface area contributed by atoms with Crippen LogP contribution in [0.2, 0.25) is 5.02 Å². The van der Waals surface area contributed by atoms with E-state index in [0.29, 0.717) is 5.02 Å². The van der Waals surface area contributed by atoms with E-state index in [9.17, 15) is 4.79 Å². The summed E-state index contributed by atoms with van der Waals surface area (Å²) in [6.07, 6.45) is 0. The molecular weight excluding hydrogens is 334 g/mol. The Morgan fingerprint density at radius 1 is 1.08 bits per heavy atom. The van der Waals surface area contributed by atoms with Crippen molar-refractivity contribution in [2.75, 3.05) is 31.5 Å². The molecule has 0 aliphatic carbocycles. The summed E-state index contributed by atoms with van der Waals surface area (Å²) in [6, 6.07) is 14.1. The monoisotopic (exact) mass is 357 g/mol. The molecule has 1 aliphatic rings. The van der Waals surface area contributed by atoms with Crippen LogP contribution in [0.1, 0.15) is 16.7 Å². The Bertz CT molecular complexity index is 754. The summed E-state index contributed by atoms with van der Waals surface area (Å²) in [5.41, 5.74) is 4.40. The molecule has 0 radical (unpaired) electrons. The van der Waals surface area contributed by atoms with Gasteiger partial charge in [0, 0.05) is 43.4 Å². The van der Waals surface area contributed by atoms with Crippen molar-refractivity contribution < 1.29 is 4.79 Å². The molecule has 132 valence electrons. The lowest BCUT2D eigenvalue weighted by Gasteiger charge is -2.34. The Hall–Kier alpha value is -2.04. The Morgan fingerprint density at radius 2 is 1.84 bits per heavy atom. The number of anilines is 1. The number of rotatable bonds is 3. The highest BCUT2D eigenvalue weighted by Gasteiger charge is 2.21. The zero-order valence-corrected chi connectivity index (χ0v) is 15.5. The van der Waals surface area contributed by atoms with Crippen molar-refractivity contribution in [2.45, 2.75) is 20.4 Å². The van der Waals surface area contributed by atoms with Gasteiger partial charge in [0.2, 0.25) is 0 Å². The van der Waals surface area contributed by atoms with E-state index in [1.165, 1.54) is 11.1 Å². The van der Waals surface area contributed by atoms with Crippen LogP contribution in [0.3, 0.4) is 0 Å². The fraction of sp³-hybridized carbons (Fsp3) is 0.350. The fourth-order valence-corrected chi connectivity index (χ4v) is 3.37. The average Bonchev–Trinajstić information content (AvgIpc) is 2.58. The Labute approximate surface area is 154 Å². The summed E-state index contributed by atoms with van der Waals surface area (Å²) < 4.78 is 0. The molecule has 0 saturated carbocycles. The molecule has 1 saturated heterocycles. The van der Waals surface area contributed by atoms with Crippen LogP contribution < -0.4 is 5.32 Å². The van der Waals surface area contributed by atoms with Crippen molar-refractivity contribution in [3.05, 3.63) is 64.2 Å². The van der Waals surface area contributed by atoms with Crippen LogP contribution >= 0.6 is 11.6 Å². The van der Waals surface area contributed by atoms with E-state index in [1.54, 1.807) is 6.07 Å². The van der Waals surface area contributed by atoms with Crippen molar-refractivity contribution in [2.24, 2.45) is 0 Å². The molecule has 0 atom stereocenters. The number of urea groups is 1. The normalized spacial score (nSPS) is 15.2. The van der Waals surface area contributed by atoms with Crippen molar-refractivity contribution in [3.8, 4) is 0 Å². The van der Waals surface area contributed by atoms with E-state index in [2.05, 4.69) is 41.4 Å². The number of aryl methyl sites for hydroxylation is 2.